The number of carbonyl (C=O) groups is 2. The first kappa shape index (κ1) is 33.5. The second kappa shape index (κ2) is 15.0. The number of benzene rings is 4. The van der Waals surface area contributed by atoms with E-state index in [9.17, 15) is 18.0 Å². The van der Waals surface area contributed by atoms with Crippen LogP contribution < -0.4 is 9.62 Å². The summed E-state index contributed by atoms with van der Waals surface area (Å²) in [6, 6.07) is 30.1. The van der Waals surface area contributed by atoms with E-state index in [1.165, 1.54) is 9.21 Å². The highest BCUT2D eigenvalue weighted by atomic mass is 32.2. The molecule has 0 bridgehead atoms. The van der Waals surface area contributed by atoms with E-state index >= 15 is 0 Å². The van der Waals surface area contributed by atoms with Crippen LogP contribution in [-0.4, -0.2) is 43.8 Å². The van der Waals surface area contributed by atoms with Crippen molar-refractivity contribution >= 4 is 27.5 Å². The van der Waals surface area contributed by atoms with Crippen LogP contribution in [0.3, 0.4) is 0 Å². The Morgan fingerprint density at radius 1 is 0.778 bits per heavy atom. The maximum absolute atomic E-state index is 14.6. The highest BCUT2D eigenvalue weighted by Crippen LogP contribution is 2.29. The fourth-order valence-electron chi connectivity index (χ4n) is 5.13. The van der Waals surface area contributed by atoms with E-state index in [2.05, 4.69) is 5.32 Å². The van der Waals surface area contributed by atoms with E-state index < -0.39 is 28.5 Å². The molecule has 0 unspecified atom stereocenters. The Labute approximate surface area is 268 Å². The third-order valence-corrected chi connectivity index (χ3v) is 9.97. The quantitative estimate of drug-likeness (QED) is 0.187. The lowest BCUT2D eigenvalue weighted by molar-refractivity contribution is -0.140. The summed E-state index contributed by atoms with van der Waals surface area (Å²) in [5.41, 5.74) is 4.73. The first-order chi connectivity index (χ1) is 21.5. The van der Waals surface area contributed by atoms with Crippen LogP contribution in [0.15, 0.2) is 108 Å². The standard InChI is InChI=1S/C37H43N3O4S/c1-6-29(4)38-37(42)35(24-31-15-9-7-10-16-31)39(25-32-17-11-8-12-18-32)36(41)26-40(34-19-13-14-28(3)30(34)5)45(43,44)33-22-20-27(2)21-23-33/h7-23,29,35H,6,24-26H2,1-5H3,(H,38,42)/t29-,35-/m0/s1. The minimum absolute atomic E-state index is 0.0896. The number of carbonyl (C=O) groups excluding carboxylic acids is 2. The molecule has 8 heteroatoms. The van der Waals surface area contributed by atoms with Crippen LogP contribution in [0.5, 0.6) is 0 Å². The minimum Gasteiger partial charge on any atom is -0.352 e. The van der Waals surface area contributed by atoms with Gasteiger partial charge in [-0.15, -0.1) is 0 Å². The van der Waals surface area contributed by atoms with E-state index in [1.54, 1.807) is 36.4 Å². The Morgan fingerprint density at radius 3 is 1.98 bits per heavy atom. The summed E-state index contributed by atoms with van der Waals surface area (Å²) in [6.45, 7) is 9.23. The Hall–Kier alpha value is -4.43. The Kier molecular flexibility index (Phi) is 11.2. The molecule has 0 aliphatic carbocycles. The zero-order valence-electron chi connectivity index (χ0n) is 26.7. The molecule has 2 amide bonds. The van der Waals surface area contributed by atoms with E-state index in [1.807, 2.05) is 101 Å². The van der Waals surface area contributed by atoms with Gasteiger partial charge in [0.2, 0.25) is 11.8 Å². The number of hydrogen-bond donors (Lipinski definition) is 1. The number of amides is 2. The fourth-order valence-corrected chi connectivity index (χ4v) is 6.60. The first-order valence-electron chi connectivity index (χ1n) is 15.3. The Balaban J connectivity index is 1.82. The molecule has 0 saturated carbocycles. The maximum atomic E-state index is 14.6. The van der Waals surface area contributed by atoms with Gasteiger partial charge in [0.25, 0.3) is 10.0 Å². The molecule has 2 atom stereocenters. The molecule has 4 aromatic rings. The molecule has 1 N–H and O–H groups in total. The van der Waals surface area contributed by atoms with E-state index in [4.69, 9.17) is 0 Å². The summed E-state index contributed by atoms with van der Waals surface area (Å²) in [7, 11) is -4.15. The van der Waals surface area contributed by atoms with Gasteiger partial charge in [-0.25, -0.2) is 8.42 Å². The third kappa shape index (κ3) is 8.39. The second-order valence-corrected chi connectivity index (χ2v) is 13.4. The predicted molar refractivity (Wildman–Crippen MR) is 180 cm³/mol. The fraction of sp³-hybridized carbons (Fsp3) is 0.297. The molecule has 7 nitrogen and oxygen atoms in total. The normalized spacial score (nSPS) is 12.6. The van der Waals surface area contributed by atoms with Crippen molar-refractivity contribution < 1.29 is 18.0 Å². The molecule has 0 heterocycles. The van der Waals surface area contributed by atoms with Gasteiger partial charge in [-0.1, -0.05) is 97.4 Å². The van der Waals surface area contributed by atoms with Crippen molar-refractivity contribution in [3.05, 3.63) is 131 Å². The minimum atomic E-state index is -4.15. The number of rotatable bonds is 13. The van der Waals surface area contributed by atoms with Crippen molar-refractivity contribution in [1.29, 1.82) is 0 Å². The zero-order valence-corrected chi connectivity index (χ0v) is 27.6. The van der Waals surface area contributed by atoms with Crippen molar-refractivity contribution in [1.82, 2.24) is 10.2 Å². The smallest absolute Gasteiger partial charge is 0.264 e. The lowest BCUT2D eigenvalue weighted by atomic mass is 10.0. The van der Waals surface area contributed by atoms with Gasteiger partial charge in [0.15, 0.2) is 0 Å². The van der Waals surface area contributed by atoms with Gasteiger partial charge in [0, 0.05) is 19.0 Å². The van der Waals surface area contributed by atoms with Crippen molar-refractivity contribution in [3.63, 3.8) is 0 Å². The van der Waals surface area contributed by atoms with Gasteiger partial charge in [-0.05, 0) is 74.6 Å². The molecule has 0 radical (unpaired) electrons. The van der Waals surface area contributed by atoms with Crippen molar-refractivity contribution in [2.75, 3.05) is 10.8 Å². The van der Waals surface area contributed by atoms with Crippen LogP contribution in [0.2, 0.25) is 0 Å². The van der Waals surface area contributed by atoms with Gasteiger partial charge >= 0.3 is 0 Å². The van der Waals surface area contributed by atoms with Crippen LogP contribution in [0.1, 0.15) is 48.1 Å². The van der Waals surface area contributed by atoms with E-state index in [0.29, 0.717) is 5.69 Å². The Bertz CT molecular complexity index is 1690. The monoisotopic (exact) mass is 625 g/mol. The molecule has 0 spiro atoms. The molecule has 0 saturated heterocycles. The predicted octanol–water partition coefficient (Wildman–Crippen LogP) is 6.36. The van der Waals surface area contributed by atoms with Gasteiger partial charge in [0.1, 0.15) is 12.6 Å². The van der Waals surface area contributed by atoms with Gasteiger partial charge < -0.3 is 10.2 Å². The molecule has 4 rings (SSSR count). The number of anilines is 1. The van der Waals surface area contributed by atoms with Crippen molar-refractivity contribution in [3.8, 4) is 0 Å². The van der Waals surface area contributed by atoms with Gasteiger partial charge in [-0.2, -0.15) is 0 Å². The third-order valence-electron chi connectivity index (χ3n) is 8.20. The van der Waals surface area contributed by atoms with Crippen LogP contribution in [0.4, 0.5) is 5.69 Å². The summed E-state index contributed by atoms with van der Waals surface area (Å²) in [6.07, 6.45) is 1.00. The molecule has 0 aromatic heterocycles. The lowest BCUT2D eigenvalue weighted by Gasteiger charge is -2.34. The molecular weight excluding hydrogens is 582 g/mol. The maximum Gasteiger partial charge on any atom is 0.264 e. The van der Waals surface area contributed by atoms with E-state index in [-0.39, 0.29) is 29.8 Å². The summed E-state index contributed by atoms with van der Waals surface area (Å²) < 4.78 is 29.7. The van der Waals surface area contributed by atoms with Crippen LogP contribution in [-0.2, 0) is 32.6 Å². The highest BCUT2D eigenvalue weighted by molar-refractivity contribution is 7.92. The van der Waals surface area contributed by atoms with Crippen LogP contribution in [0.25, 0.3) is 0 Å². The average molecular weight is 626 g/mol. The van der Waals surface area contributed by atoms with Gasteiger partial charge in [-0.3, -0.25) is 13.9 Å². The van der Waals surface area contributed by atoms with Gasteiger partial charge in [0.05, 0.1) is 10.6 Å². The van der Waals surface area contributed by atoms with Crippen LogP contribution in [0, 0.1) is 20.8 Å². The number of nitrogens with one attached hydrogen (secondary N) is 1. The van der Waals surface area contributed by atoms with E-state index in [0.717, 1.165) is 34.2 Å². The SMILES string of the molecule is CC[C@H](C)NC(=O)[C@H](Cc1ccccc1)N(Cc1ccccc1)C(=O)CN(c1cccc(C)c1C)S(=O)(=O)c1ccc(C)cc1. The molecule has 45 heavy (non-hydrogen) atoms. The summed E-state index contributed by atoms with van der Waals surface area (Å²) in [5.74, 6) is -0.757. The molecule has 0 fully saturated rings. The molecular formula is C37H43N3O4S. The van der Waals surface area contributed by atoms with Crippen molar-refractivity contribution in [2.45, 2.75) is 71.0 Å². The molecule has 4 aromatic carbocycles. The number of hydrogen-bond acceptors (Lipinski definition) is 4. The number of aryl methyl sites for hydroxylation is 2. The average Bonchev–Trinajstić information content (AvgIpc) is 3.04. The molecule has 0 aliphatic rings. The Morgan fingerprint density at radius 2 is 1.38 bits per heavy atom. The first-order valence-corrected chi connectivity index (χ1v) is 16.8. The topological polar surface area (TPSA) is 86.8 Å². The summed E-state index contributed by atoms with van der Waals surface area (Å²) in [4.78, 5) is 30.1. The largest absolute Gasteiger partial charge is 0.352 e. The summed E-state index contributed by atoms with van der Waals surface area (Å²) in [5, 5.41) is 3.07. The lowest BCUT2D eigenvalue weighted by Crippen LogP contribution is -2.54. The number of nitrogens with zero attached hydrogens (tertiary/aromatic N) is 2. The van der Waals surface area contributed by atoms with Crippen LogP contribution >= 0.6 is 0 Å². The van der Waals surface area contributed by atoms with Crippen molar-refractivity contribution in [2.24, 2.45) is 0 Å². The highest BCUT2D eigenvalue weighted by Gasteiger charge is 2.35. The molecule has 0 aliphatic heterocycles. The summed E-state index contributed by atoms with van der Waals surface area (Å²) >= 11 is 0. The second-order valence-electron chi connectivity index (χ2n) is 11.6. The zero-order chi connectivity index (χ0) is 32.6. The number of sulfonamides is 1. The molecule has 236 valence electrons.